The summed E-state index contributed by atoms with van der Waals surface area (Å²) in [6.45, 7) is 1.67. The first-order valence-electron chi connectivity index (χ1n) is 13.8. The Bertz CT molecular complexity index is 1810. The van der Waals surface area contributed by atoms with E-state index in [1.807, 2.05) is 19.1 Å². The first-order valence-corrected chi connectivity index (χ1v) is 15.7. The zero-order valence-corrected chi connectivity index (χ0v) is 26.2. The molecule has 2 atom stereocenters. The molecule has 0 saturated carbocycles. The highest BCUT2D eigenvalue weighted by molar-refractivity contribution is 8.00. The van der Waals surface area contributed by atoms with Crippen molar-refractivity contribution in [3.8, 4) is 0 Å². The highest BCUT2D eigenvalue weighted by Crippen LogP contribution is 2.36. The van der Waals surface area contributed by atoms with Gasteiger partial charge in [0.25, 0.3) is 17.5 Å². The van der Waals surface area contributed by atoms with Crippen LogP contribution in [-0.2, 0) is 42.0 Å². The Balaban J connectivity index is 1.24. The fraction of sp³-hybridized carbons (Fsp3) is 0.241. The molecule has 5 rings (SSSR count). The summed E-state index contributed by atoms with van der Waals surface area (Å²) in [7, 11) is 0. The largest absolute Gasteiger partial charge is 0.471 e. The molecule has 3 amide bonds. The second kappa shape index (κ2) is 14.2. The number of aromatic nitrogens is 1. The fourth-order valence-corrected chi connectivity index (χ4v) is 6.19. The number of oxime groups is 1. The molecule has 48 heavy (non-hydrogen) atoms. The van der Waals surface area contributed by atoms with Crippen LogP contribution in [0.4, 0.5) is 24.0 Å². The molecule has 1 fully saturated rings. The summed E-state index contributed by atoms with van der Waals surface area (Å²) in [4.78, 5) is 71.1. The van der Waals surface area contributed by atoms with Crippen molar-refractivity contribution >= 4 is 63.3 Å². The van der Waals surface area contributed by atoms with Crippen LogP contribution in [0.15, 0.2) is 70.8 Å². The molecule has 3 heterocycles. The molecule has 3 aromatic rings. The third-order valence-corrected chi connectivity index (χ3v) is 8.87. The number of nitrogens with one attached hydrogen (secondary N) is 2. The Morgan fingerprint density at radius 3 is 2.44 bits per heavy atom. The number of halogens is 3. The molecular weight excluding hydrogens is 681 g/mol. The van der Waals surface area contributed by atoms with Gasteiger partial charge in [-0.1, -0.05) is 35.0 Å². The number of non-ortho nitro benzene ring substituents is 1. The smallest absolute Gasteiger partial charge is 0.457 e. The number of nitro groups is 1. The third-order valence-electron chi connectivity index (χ3n) is 6.80. The van der Waals surface area contributed by atoms with Gasteiger partial charge >= 0.3 is 18.1 Å². The van der Waals surface area contributed by atoms with Crippen LogP contribution in [0.5, 0.6) is 0 Å². The van der Waals surface area contributed by atoms with Crippen molar-refractivity contribution < 1.29 is 46.8 Å². The maximum Gasteiger partial charge on any atom is 0.471 e. The number of fused-ring (bicyclic) bond motifs is 1. The lowest BCUT2D eigenvalue weighted by molar-refractivity contribution is -0.384. The number of hydrogen-bond acceptors (Lipinski definition) is 12. The first-order chi connectivity index (χ1) is 22.8. The Morgan fingerprint density at radius 2 is 1.77 bits per heavy atom. The maximum absolute atomic E-state index is 13.4. The number of benzene rings is 2. The lowest BCUT2D eigenvalue weighted by Gasteiger charge is -2.47. The summed E-state index contributed by atoms with van der Waals surface area (Å²) < 4.78 is 43.5. The number of ether oxygens (including phenoxy) is 1. The molecule has 14 nitrogen and oxygen atoms in total. The van der Waals surface area contributed by atoms with E-state index in [2.05, 4.69) is 15.5 Å². The Labute approximate surface area is 277 Å². The van der Waals surface area contributed by atoms with Crippen LogP contribution >= 0.6 is 23.1 Å². The minimum absolute atomic E-state index is 0.0681. The second-order valence-corrected chi connectivity index (χ2v) is 12.2. The number of amides is 3. The Hall–Kier alpha value is -5.30. The van der Waals surface area contributed by atoms with Gasteiger partial charge in [0.05, 0.1) is 10.5 Å². The molecule has 2 N–H and O–H groups in total. The van der Waals surface area contributed by atoms with E-state index in [4.69, 9.17) is 9.57 Å². The number of rotatable bonds is 11. The highest BCUT2D eigenvalue weighted by Gasteiger charge is 2.50. The number of carbonyl (C=O) groups is 4. The van der Waals surface area contributed by atoms with Gasteiger partial charge in [-0.05, 0) is 30.2 Å². The number of thiazole rings is 1. The lowest BCUT2D eigenvalue weighted by atomic mass is 10.1. The summed E-state index contributed by atoms with van der Waals surface area (Å²) in [6, 6.07) is 11.6. The molecule has 0 radical (unpaired) electrons. The average molecular weight is 705 g/mol. The molecule has 1 aromatic heterocycles. The van der Waals surface area contributed by atoms with Gasteiger partial charge in [0, 0.05) is 29.5 Å². The van der Waals surface area contributed by atoms with Gasteiger partial charge in [0.2, 0.25) is 0 Å². The van der Waals surface area contributed by atoms with Crippen LogP contribution in [0.1, 0.15) is 22.4 Å². The Kier molecular flexibility index (Phi) is 10.1. The summed E-state index contributed by atoms with van der Waals surface area (Å²) >= 11 is 1.79. The molecule has 250 valence electrons. The fourth-order valence-electron chi connectivity index (χ4n) is 4.26. The van der Waals surface area contributed by atoms with Crippen LogP contribution in [0.3, 0.4) is 0 Å². The number of alkyl halides is 3. The Morgan fingerprint density at radius 1 is 1.10 bits per heavy atom. The van der Waals surface area contributed by atoms with E-state index in [0.717, 1.165) is 5.56 Å². The molecule has 1 unspecified atom stereocenters. The summed E-state index contributed by atoms with van der Waals surface area (Å²) in [5.74, 6) is -4.29. The molecule has 1 saturated heterocycles. The minimum Gasteiger partial charge on any atom is -0.457 e. The van der Waals surface area contributed by atoms with Gasteiger partial charge in [0.15, 0.2) is 10.8 Å². The van der Waals surface area contributed by atoms with Crippen LogP contribution < -0.4 is 10.6 Å². The first kappa shape index (κ1) is 34.0. The number of β-lactam (4-membered cyclic amide) rings is 1. The van der Waals surface area contributed by atoms with E-state index in [1.165, 1.54) is 52.5 Å². The van der Waals surface area contributed by atoms with Crippen molar-refractivity contribution in [2.45, 2.75) is 37.7 Å². The van der Waals surface area contributed by atoms with Gasteiger partial charge in [-0.3, -0.25) is 29.8 Å². The van der Waals surface area contributed by atoms with E-state index in [0.29, 0.717) is 22.5 Å². The van der Waals surface area contributed by atoms with Gasteiger partial charge in [0.1, 0.15) is 30.3 Å². The predicted octanol–water partition coefficient (Wildman–Crippen LogP) is 3.81. The predicted molar refractivity (Wildman–Crippen MR) is 165 cm³/mol. The number of thioether (sulfide) groups is 1. The van der Waals surface area contributed by atoms with E-state index in [9.17, 15) is 42.5 Å². The van der Waals surface area contributed by atoms with Gasteiger partial charge in [-0.25, -0.2) is 9.78 Å². The number of carbonyl (C=O) groups excluding carboxylic acids is 4. The van der Waals surface area contributed by atoms with E-state index in [1.54, 1.807) is 17.4 Å². The van der Waals surface area contributed by atoms with Crippen molar-refractivity contribution in [1.82, 2.24) is 15.2 Å². The number of nitro benzene ring substituents is 1. The number of anilines is 1. The molecule has 2 aromatic carbocycles. The van der Waals surface area contributed by atoms with E-state index in [-0.39, 0.29) is 35.9 Å². The number of nitrogens with zero attached hydrogens (tertiary/aromatic N) is 4. The molecule has 0 bridgehead atoms. The van der Waals surface area contributed by atoms with Crippen LogP contribution in [0, 0.1) is 17.0 Å². The van der Waals surface area contributed by atoms with E-state index < -0.39 is 57.0 Å². The van der Waals surface area contributed by atoms with Crippen molar-refractivity contribution in [2.75, 3.05) is 11.1 Å². The van der Waals surface area contributed by atoms with E-state index >= 15 is 0 Å². The topological polar surface area (TPSA) is 182 Å². The molecule has 0 spiro atoms. The second-order valence-electron chi connectivity index (χ2n) is 10.2. The van der Waals surface area contributed by atoms with Crippen LogP contribution in [0.25, 0.3) is 0 Å². The van der Waals surface area contributed by atoms with Gasteiger partial charge < -0.3 is 19.8 Å². The minimum atomic E-state index is -5.16. The normalized spacial score (nSPS) is 17.4. The van der Waals surface area contributed by atoms with Crippen molar-refractivity contribution in [2.24, 2.45) is 5.16 Å². The molecule has 0 aliphatic carbocycles. The van der Waals surface area contributed by atoms with Crippen LogP contribution in [0.2, 0.25) is 0 Å². The van der Waals surface area contributed by atoms with Crippen molar-refractivity contribution in [3.63, 3.8) is 0 Å². The maximum atomic E-state index is 13.4. The van der Waals surface area contributed by atoms with Gasteiger partial charge in [-0.2, -0.15) is 13.2 Å². The monoisotopic (exact) mass is 704 g/mol. The lowest BCUT2D eigenvalue weighted by Crippen LogP contribution is -2.69. The van der Waals surface area contributed by atoms with Crippen molar-refractivity contribution in [1.29, 1.82) is 0 Å². The number of esters is 1. The molecular formula is C29H23F3N6O8S2. The quantitative estimate of drug-likeness (QED) is 0.0979. The summed E-state index contributed by atoms with van der Waals surface area (Å²) in [5.41, 5.74) is 1.63. The molecule has 2 aliphatic rings. The zero-order chi connectivity index (χ0) is 34.6. The summed E-state index contributed by atoms with van der Waals surface area (Å²) in [5, 5.41) is 19.0. The third kappa shape index (κ3) is 7.97. The number of hydrogen-bond donors (Lipinski definition) is 2. The standard InChI is InChI=1S/C29H23F3N6O8S2/c1-15-2-4-17(5-3-15)12-46-36-21(20-14-48-28(33-20)35-27(42)29(30,31)32)23(39)34-22-24(40)37-10-18(13-47-25(22)37)26(41)45-11-16-6-8-19(9-7-16)38(43)44/h2-10,14,22,25H,11-13H2,1H3,(H,34,39)(H,33,35,42)/t22?,25-/m1/s1. The highest BCUT2D eigenvalue weighted by atomic mass is 32.2. The number of aryl methyl sites for hydroxylation is 1. The van der Waals surface area contributed by atoms with Crippen LogP contribution in [-0.4, -0.2) is 67.6 Å². The SMILES string of the molecule is Cc1ccc(CON=C(C(=O)NC2C(=O)N3C=C(C(=O)OCc4ccc([N+](=O)[O-])cc4)CS[C@H]23)c2csc(NC(=O)C(F)(F)F)n2)cc1. The molecule has 2 aliphatic heterocycles. The van der Waals surface area contributed by atoms with Gasteiger partial charge in [-0.15, -0.1) is 23.1 Å². The zero-order valence-electron chi connectivity index (χ0n) is 24.6. The average Bonchev–Trinajstić information content (AvgIpc) is 3.52. The van der Waals surface area contributed by atoms with Crippen molar-refractivity contribution in [3.05, 3.63) is 98.2 Å². The molecule has 19 heteroatoms. The summed E-state index contributed by atoms with van der Waals surface area (Å²) in [6.07, 6.45) is -3.84.